The monoisotopic (exact) mass is 265 g/mol. The molecule has 0 bridgehead atoms. The molecule has 3 heteroatoms. The fourth-order valence-corrected chi connectivity index (χ4v) is 2.72. The Bertz CT molecular complexity index is 415. The lowest BCUT2D eigenvalue weighted by molar-refractivity contribution is 0.0547. The molecule has 1 heterocycles. The number of benzene rings is 1. The van der Waals surface area contributed by atoms with Gasteiger partial charge in [-0.2, -0.15) is 0 Å². The molecule has 1 aliphatic heterocycles. The van der Waals surface area contributed by atoms with Crippen LogP contribution in [-0.4, -0.2) is 19.3 Å². The van der Waals surface area contributed by atoms with E-state index in [2.05, 4.69) is 19.2 Å². The Labute approximate surface area is 115 Å². The van der Waals surface area contributed by atoms with Gasteiger partial charge in [0.25, 0.3) is 0 Å². The summed E-state index contributed by atoms with van der Waals surface area (Å²) in [7, 11) is 0. The molecule has 2 unspecified atom stereocenters. The molecule has 1 fully saturated rings. The second-order valence-corrected chi connectivity index (χ2v) is 5.64. The third kappa shape index (κ3) is 3.77. The van der Waals surface area contributed by atoms with Crippen molar-refractivity contribution in [1.29, 1.82) is 0 Å². The van der Waals surface area contributed by atoms with Gasteiger partial charge in [-0.1, -0.05) is 12.1 Å². The summed E-state index contributed by atoms with van der Waals surface area (Å²) in [6.07, 6.45) is 2.23. The van der Waals surface area contributed by atoms with Crippen LogP contribution >= 0.6 is 0 Å². The zero-order chi connectivity index (χ0) is 13.8. The normalized spacial score (nSPS) is 20.2. The van der Waals surface area contributed by atoms with Crippen molar-refractivity contribution in [3.63, 3.8) is 0 Å². The Morgan fingerprint density at radius 3 is 2.58 bits per heavy atom. The second-order valence-electron chi connectivity index (χ2n) is 5.64. The summed E-state index contributed by atoms with van der Waals surface area (Å²) >= 11 is 0. The minimum absolute atomic E-state index is 0.120. The van der Waals surface area contributed by atoms with E-state index in [1.54, 1.807) is 13.0 Å². The quantitative estimate of drug-likeness (QED) is 0.898. The molecular formula is C16H24FNO. The van der Waals surface area contributed by atoms with Crippen molar-refractivity contribution in [2.45, 2.75) is 45.7 Å². The molecular weight excluding hydrogens is 241 g/mol. The molecule has 0 spiro atoms. The molecule has 0 aliphatic carbocycles. The maximum atomic E-state index is 13.6. The van der Waals surface area contributed by atoms with Crippen LogP contribution in [0.5, 0.6) is 0 Å². The van der Waals surface area contributed by atoms with E-state index in [1.165, 1.54) is 0 Å². The van der Waals surface area contributed by atoms with Crippen LogP contribution < -0.4 is 5.32 Å². The highest BCUT2D eigenvalue weighted by molar-refractivity contribution is 5.25. The van der Waals surface area contributed by atoms with Crippen LogP contribution in [0.1, 0.15) is 43.9 Å². The average Bonchev–Trinajstić information content (AvgIpc) is 2.42. The van der Waals surface area contributed by atoms with Gasteiger partial charge in [0.2, 0.25) is 0 Å². The Morgan fingerprint density at radius 2 is 1.95 bits per heavy atom. The first kappa shape index (κ1) is 14.5. The first-order valence-electron chi connectivity index (χ1n) is 7.17. The summed E-state index contributed by atoms with van der Waals surface area (Å²) < 4.78 is 19.0. The maximum Gasteiger partial charge on any atom is 0.126 e. The first-order chi connectivity index (χ1) is 9.08. The van der Waals surface area contributed by atoms with Crippen molar-refractivity contribution in [2.24, 2.45) is 5.92 Å². The molecule has 2 nitrogen and oxygen atoms in total. The molecule has 0 radical (unpaired) electrons. The van der Waals surface area contributed by atoms with Crippen molar-refractivity contribution in [3.8, 4) is 0 Å². The summed E-state index contributed by atoms with van der Waals surface area (Å²) in [5, 5.41) is 3.59. The van der Waals surface area contributed by atoms with Gasteiger partial charge in [-0.15, -0.1) is 0 Å². The van der Waals surface area contributed by atoms with Crippen LogP contribution in [0.25, 0.3) is 0 Å². The van der Waals surface area contributed by atoms with Gasteiger partial charge in [0.1, 0.15) is 5.82 Å². The van der Waals surface area contributed by atoms with E-state index in [0.717, 1.165) is 31.6 Å². The molecule has 1 N–H and O–H groups in total. The van der Waals surface area contributed by atoms with Gasteiger partial charge in [-0.05, 0) is 56.7 Å². The topological polar surface area (TPSA) is 21.3 Å². The molecule has 2 rings (SSSR count). The summed E-state index contributed by atoms with van der Waals surface area (Å²) in [6.45, 7) is 7.84. The van der Waals surface area contributed by atoms with Crippen molar-refractivity contribution < 1.29 is 9.13 Å². The molecule has 1 aromatic carbocycles. The minimum Gasteiger partial charge on any atom is -0.381 e. The highest BCUT2D eigenvalue weighted by atomic mass is 19.1. The van der Waals surface area contributed by atoms with E-state index < -0.39 is 0 Å². The van der Waals surface area contributed by atoms with Gasteiger partial charge in [-0.3, -0.25) is 0 Å². The van der Waals surface area contributed by atoms with Crippen molar-refractivity contribution >= 4 is 0 Å². The van der Waals surface area contributed by atoms with E-state index >= 15 is 0 Å². The molecule has 0 aromatic heterocycles. The Hall–Kier alpha value is -0.930. The number of aryl methyl sites for hydroxylation is 1. The average molecular weight is 265 g/mol. The molecule has 2 atom stereocenters. The standard InChI is InChI=1S/C16H24FNO/c1-11-4-5-15(10-16(11)17)13(3)18-12(2)14-6-8-19-9-7-14/h4-5,10,12-14,18H,6-9H2,1-3H3. The summed E-state index contributed by atoms with van der Waals surface area (Å²) in [5.74, 6) is 0.538. The smallest absolute Gasteiger partial charge is 0.126 e. The molecule has 0 amide bonds. The Morgan fingerprint density at radius 1 is 1.26 bits per heavy atom. The third-order valence-corrected chi connectivity index (χ3v) is 4.18. The van der Waals surface area contributed by atoms with E-state index in [1.807, 2.05) is 12.1 Å². The van der Waals surface area contributed by atoms with Gasteiger partial charge < -0.3 is 10.1 Å². The number of nitrogens with one attached hydrogen (secondary N) is 1. The summed E-state index contributed by atoms with van der Waals surface area (Å²) in [4.78, 5) is 0. The van der Waals surface area contributed by atoms with Gasteiger partial charge >= 0.3 is 0 Å². The SMILES string of the molecule is Cc1ccc(C(C)NC(C)C2CCOCC2)cc1F. The molecule has 19 heavy (non-hydrogen) atoms. The van der Waals surface area contributed by atoms with Crippen molar-refractivity contribution in [2.75, 3.05) is 13.2 Å². The van der Waals surface area contributed by atoms with Crippen LogP contribution in [0.3, 0.4) is 0 Å². The predicted molar refractivity (Wildman–Crippen MR) is 75.7 cm³/mol. The van der Waals surface area contributed by atoms with Crippen LogP contribution in [0.2, 0.25) is 0 Å². The number of rotatable bonds is 4. The molecule has 1 saturated heterocycles. The lowest BCUT2D eigenvalue weighted by Gasteiger charge is -2.31. The van der Waals surface area contributed by atoms with Crippen LogP contribution in [0.15, 0.2) is 18.2 Å². The fourth-order valence-electron chi connectivity index (χ4n) is 2.72. The van der Waals surface area contributed by atoms with E-state index in [4.69, 9.17) is 4.74 Å². The van der Waals surface area contributed by atoms with Gasteiger partial charge in [0, 0.05) is 25.3 Å². The Balaban J connectivity index is 1.95. The zero-order valence-electron chi connectivity index (χ0n) is 12.1. The molecule has 0 saturated carbocycles. The summed E-state index contributed by atoms with van der Waals surface area (Å²) in [6, 6.07) is 6.11. The van der Waals surface area contributed by atoms with Gasteiger partial charge in [0.15, 0.2) is 0 Å². The molecule has 1 aromatic rings. The number of hydrogen-bond donors (Lipinski definition) is 1. The second kappa shape index (κ2) is 6.49. The molecule has 106 valence electrons. The van der Waals surface area contributed by atoms with Crippen LogP contribution in [0, 0.1) is 18.7 Å². The third-order valence-electron chi connectivity index (χ3n) is 4.18. The van der Waals surface area contributed by atoms with Crippen molar-refractivity contribution in [1.82, 2.24) is 5.32 Å². The zero-order valence-corrected chi connectivity index (χ0v) is 12.1. The first-order valence-corrected chi connectivity index (χ1v) is 7.17. The predicted octanol–water partition coefficient (Wildman–Crippen LogP) is 3.60. The largest absolute Gasteiger partial charge is 0.381 e. The van der Waals surface area contributed by atoms with Gasteiger partial charge in [-0.25, -0.2) is 4.39 Å². The molecule has 1 aliphatic rings. The van der Waals surface area contributed by atoms with E-state index in [9.17, 15) is 4.39 Å². The van der Waals surface area contributed by atoms with Crippen LogP contribution in [0.4, 0.5) is 4.39 Å². The minimum atomic E-state index is -0.120. The lowest BCUT2D eigenvalue weighted by atomic mass is 9.92. The van der Waals surface area contributed by atoms with Crippen molar-refractivity contribution in [3.05, 3.63) is 35.1 Å². The maximum absolute atomic E-state index is 13.6. The highest BCUT2D eigenvalue weighted by Gasteiger charge is 2.22. The number of ether oxygens (including phenoxy) is 1. The van der Waals surface area contributed by atoms with E-state index in [0.29, 0.717) is 17.5 Å². The highest BCUT2D eigenvalue weighted by Crippen LogP contribution is 2.22. The lowest BCUT2D eigenvalue weighted by Crippen LogP contribution is -2.38. The van der Waals surface area contributed by atoms with Crippen LogP contribution in [-0.2, 0) is 4.74 Å². The number of halogens is 1. The fraction of sp³-hybridized carbons (Fsp3) is 0.625. The Kier molecular flexibility index (Phi) is 4.94. The summed E-state index contributed by atoms with van der Waals surface area (Å²) in [5.41, 5.74) is 1.72. The van der Waals surface area contributed by atoms with E-state index in [-0.39, 0.29) is 11.9 Å². The van der Waals surface area contributed by atoms with Gasteiger partial charge in [0.05, 0.1) is 0 Å². The number of hydrogen-bond acceptors (Lipinski definition) is 2.